The summed E-state index contributed by atoms with van der Waals surface area (Å²) in [6.45, 7) is 22.5. The van der Waals surface area contributed by atoms with Crippen molar-refractivity contribution in [2.75, 3.05) is 4.67 Å². The van der Waals surface area contributed by atoms with Crippen molar-refractivity contribution in [1.82, 2.24) is 0 Å². The number of anilines is 1. The van der Waals surface area contributed by atoms with Crippen LogP contribution < -0.4 is 4.67 Å². The maximum absolute atomic E-state index is 2.65. The smallest absolute Gasteiger partial charge is 0.0605 e. The maximum Gasteiger partial charge on any atom is 0.0605 e. The van der Waals surface area contributed by atoms with Crippen LogP contribution in [0, 0.1) is 0 Å². The summed E-state index contributed by atoms with van der Waals surface area (Å²) in [7, 11) is -1.21. The first-order chi connectivity index (χ1) is 9.32. The molecule has 1 aliphatic rings. The van der Waals surface area contributed by atoms with E-state index in [9.17, 15) is 0 Å². The summed E-state index contributed by atoms with van der Waals surface area (Å²) in [5, 5.41) is 0. The summed E-state index contributed by atoms with van der Waals surface area (Å²) < 4.78 is 3.06. The van der Waals surface area contributed by atoms with Crippen LogP contribution in [0.15, 0.2) is 24.3 Å². The lowest BCUT2D eigenvalue weighted by Gasteiger charge is -2.49. The topological polar surface area (TPSA) is 3.24 Å². The molecule has 1 aromatic rings. The van der Waals surface area contributed by atoms with Crippen LogP contribution in [0.25, 0.3) is 0 Å². The van der Waals surface area contributed by atoms with E-state index >= 15 is 0 Å². The standard InChI is InChI=1S/C17H31NPSi2/c1-16(2,3)18-15-13-11-10-12-14(15)17(19-18,20(4,5)6)21(7,8)9/h10-13H,1-9H3. The number of fused-ring (bicyclic) bond motifs is 1. The van der Waals surface area contributed by atoms with Gasteiger partial charge in [0.15, 0.2) is 0 Å². The molecule has 117 valence electrons. The number of rotatable bonds is 2. The largest absolute Gasteiger partial charge is 0.339 e. The van der Waals surface area contributed by atoms with Crippen LogP contribution in [0.1, 0.15) is 26.3 Å². The number of benzene rings is 1. The molecule has 1 nitrogen and oxygen atoms in total. The van der Waals surface area contributed by atoms with Crippen LogP contribution in [0.4, 0.5) is 5.69 Å². The van der Waals surface area contributed by atoms with Crippen molar-refractivity contribution in [3.63, 3.8) is 0 Å². The van der Waals surface area contributed by atoms with Crippen LogP contribution in [-0.4, -0.2) is 21.7 Å². The van der Waals surface area contributed by atoms with Crippen molar-refractivity contribution in [2.24, 2.45) is 0 Å². The third-order valence-corrected chi connectivity index (χ3v) is 20.1. The van der Waals surface area contributed by atoms with Gasteiger partial charge in [0.1, 0.15) is 0 Å². The quantitative estimate of drug-likeness (QED) is 0.465. The highest BCUT2D eigenvalue weighted by Gasteiger charge is 2.60. The molecule has 0 N–H and O–H groups in total. The molecule has 2 rings (SSSR count). The predicted octanol–water partition coefficient (Wildman–Crippen LogP) is 6.12. The highest BCUT2D eigenvalue weighted by molar-refractivity contribution is 7.52. The van der Waals surface area contributed by atoms with E-state index in [-0.39, 0.29) is 5.54 Å². The molecule has 0 saturated carbocycles. The fourth-order valence-corrected chi connectivity index (χ4v) is 19.2. The lowest BCUT2D eigenvalue weighted by Crippen LogP contribution is -2.60. The van der Waals surface area contributed by atoms with Gasteiger partial charge in [-0.05, 0) is 32.4 Å². The van der Waals surface area contributed by atoms with Crippen molar-refractivity contribution >= 4 is 30.6 Å². The van der Waals surface area contributed by atoms with E-state index in [4.69, 9.17) is 0 Å². The first kappa shape index (κ1) is 17.2. The summed E-state index contributed by atoms with van der Waals surface area (Å²) in [5.41, 5.74) is 3.30. The average Bonchev–Trinajstić information content (AvgIpc) is 2.63. The molecule has 1 aromatic carbocycles. The Morgan fingerprint density at radius 1 is 0.905 bits per heavy atom. The van der Waals surface area contributed by atoms with Gasteiger partial charge in [0.25, 0.3) is 0 Å². The molecule has 1 heterocycles. The van der Waals surface area contributed by atoms with Crippen molar-refractivity contribution < 1.29 is 0 Å². The Bertz CT molecular complexity index is 521. The maximum atomic E-state index is 2.65. The minimum Gasteiger partial charge on any atom is -0.339 e. The molecule has 0 fully saturated rings. The molecule has 1 aliphatic heterocycles. The van der Waals surface area contributed by atoms with Crippen LogP contribution in [-0.2, 0) is 4.40 Å². The second kappa shape index (κ2) is 4.94. The van der Waals surface area contributed by atoms with E-state index in [1.165, 1.54) is 14.4 Å². The molecule has 0 atom stereocenters. The summed E-state index contributed by atoms with van der Waals surface area (Å²) >= 11 is 0. The number of para-hydroxylation sites is 1. The van der Waals surface area contributed by atoms with Crippen LogP contribution in [0.5, 0.6) is 0 Å². The van der Waals surface area contributed by atoms with Crippen molar-refractivity contribution in [1.29, 1.82) is 0 Å². The van der Waals surface area contributed by atoms with Gasteiger partial charge in [0.2, 0.25) is 0 Å². The van der Waals surface area contributed by atoms with E-state index in [0.29, 0.717) is 4.40 Å². The molecule has 0 spiro atoms. The molecule has 4 heteroatoms. The minimum atomic E-state index is -1.37. The van der Waals surface area contributed by atoms with E-state index in [1.807, 2.05) is 0 Å². The Morgan fingerprint density at radius 2 is 1.38 bits per heavy atom. The third kappa shape index (κ3) is 2.56. The summed E-state index contributed by atoms with van der Waals surface area (Å²) in [5.74, 6) is 0. The third-order valence-electron chi connectivity index (χ3n) is 4.58. The molecule has 1 radical (unpaired) electrons. The lowest BCUT2D eigenvalue weighted by molar-refractivity contribution is 0.589. The van der Waals surface area contributed by atoms with Gasteiger partial charge < -0.3 is 4.67 Å². The molecule has 0 amide bonds. The molecular formula is C17H31NPSi2. The van der Waals surface area contributed by atoms with Gasteiger partial charge in [-0.2, -0.15) is 0 Å². The number of nitrogens with zero attached hydrogens (tertiary/aromatic N) is 1. The van der Waals surface area contributed by atoms with E-state index in [1.54, 1.807) is 5.56 Å². The molecule has 0 bridgehead atoms. The van der Waals surface area contributed by atoms with Gasteiger partial charge in [0, 0.05) is 24.4 Å². The number of hydrogen-bond donors (Lipinski definition) is 0. The Balaban J connectivity index is 2.77. The van der Waals surface area contributed by atoms with Gasteiger partial charge >= 0.3 is 0 Å². The first-order valence-corrected chi connectivity index (χ1v) is 15.8. The van der Waals surface area contributed by atoms with Gasteiger partial charge in [-0.3, -0.25) is 0 Å². The van der Waals surface area contributed by atoms with E-state index in [2.05, 4.69) is 89.0 Å². The number of hydrogen-bond acceptors (Lipinski definition) is 1. The molecule has 0 aromatic heterocycles. The fraction of sp³-hybridized carbons (Fsp3) is 0.647. The van der Waals surface area contributed by atoms with Gasteiger partial charge in [-0.1, -0.05) is 57.5 Å². The Hall–Kier alpha value is -0.116. The normalized spacial score (nSPS) is 20.0. The zero-order valence-corrected chi connectivity index (χ0v) is 18.1. The molecule has 0 aliphatic carbocycles. The molecular weight excluding hydrogens is 305 g/mol. The van der Waals surface area contributed by atoms with Crippen molar-refractivity contribution in [3.8, 4) is 0 Å². The van der Waals surface area contributed by atoms with Crippen molar-refractivity contribution in [2.45, 2.75) is 70.0 Å². The van der Waals surface area contributed by atoms with Gasteiger partial charge in [0.05, 0.1) is 16.1 Å². The minimum absolute atomic E-state index is 0.179. The van der Waals surface area contributed by atoms with Crippen LogP contribution >= 0.6 is 8.73 Å². The summed E-state index contributed by atoms with van der Waals surface area (Å²) in [6.07, 6.45) is 0. The fourth-order valence-electron chi connectivity index (χ4n) is 3.97. The molecule has 21 heavy (non-hydrogen) atoms. The Morgan fingerprint density at radius 3 is 1.81 bits per heavy atom. The first-order valence-electron chi connectivity index (χ1n) is 7.95. The monoisotopic (exact) mass is 336 g/mol. The van der Waals surface area contributed by atoms with Gasteiger partial charge in [-0.25, -0.2) is 0 Å². The molecule has 0 unspecified atom stereocenters. The molecule has 0 saturated heterocycles. The highest BCUT2D eigenvalue weighted by atomic mass is 31.1. The van der Waals surface area contributed by atoms with Crippen LogP contribution in [0.3, 0.4) is 0 Å². The predicted molar refractivity (Wildman–Crippen MR) is 104 cm³/mol. The highest BCUT2D eigenvalue weighted by Crippen LogP contribution is 2.65. The Labute approximate surface area is 135 Å². The zero-order chi connectivity index (χ0) is 16.3. The van der Waals surface area contributed by atoms with E-state index < -0.39 is 16.1 Å². The second-order valence-electron chi connectivity index (χ2n) is 9.31. The lowest BCUT2D eigenvalue weighted by atomic mass is 10.1. The zero-order valence-electron chi connectivity index (χ0n) is 15.2. The van der Waals surface area contributed by atoms with Gasteiger partial charge in [-0.15, -0.1) is 0 Å². The summed E-state index contributed by atoms with van der Waals surface area (Å²) in [6, 6.07) is 9.22. The van der Waals surface area contributed by atoms with E-state index in [0.717, 1.165) is 0 Å². The SMILES string of the molecule is CC(C)(C)N1[P]C([Si](C)(C)C)([Si](C)(C)C)c2ccccc21. The van der Waals surface area contributed by atoms with Crippen LogP contribution in [0.2, 0.25) is 39.3 Å². The van der Waals surface area contributed by atoms with Crippen molar-refractivity contribution in [3.05, 3.63) is 29.8 Å². The summed E-state index contributed by atoms with van der Waals surface area (Å²) in [4.78, 5) is 0. The second-order valence-corrected chi connectivity index (χ2v) is 22.4. The average molecular weight is 337 g/mol. The Kier molecular flexibility index (Phi) is 4.06.